The summed E-state index contributed by atoms with van der Waals surface area (Å²) in [7, 11) is 0. The van der Waals surface area contributed by atoms with Crippen molar-refractivity contribution in [2.45, 2.75) is 0 Å². The third kappa shape index (κ3) is 7.06. The molecule has 0 saturated heterocycles. The quantitative estimate of drug-likeness (QED) is 0.202. The van der Waals surface area contributed by atoms with Crippen molar-refractivity contribution in [3.8, 4) is 11.8 Å². The molecule has 0 aliphatic rings. The van der Waals surface area contributed by atoms with Gasteiger partial charge in [0, 0.05) is 12.8 Å². The number of carbonyl (C=O) groups is 2. The maximum absolute atomic E-state index is 12.4. The molecule has 3 aromatic carbocycles. The van der Waals surface area contributed by atoms with E-state index in [2.05, 4.69) is 55.8 Å². The number of rotatable bonds is 7. The molecule has 3 rings (SSSR count). The molecule has 6 nitrogen and oxygen atoms in total. The zero-order chi connectivity index (χ0) is 22.9. The van der Waals surface area contributed by atoms with E-state index < -0.39 is 5.91 Å². The lowest BCUT2D eigenvalue weighted by atomic mass is 10.1. The number of halogens is 2. The molecule has 8 heteroatoms. The van der Waals surface area contributed by atoms with Gasteiger partial charge in [-0.2, -0.15) is 5.26 Å². The smallest absolute Gasteiger partial charge is 0.266 e. The van der Waals surface area contributed by atoms with Crippen LogP contribution in [-0.2, 0) is 9.59 Å². The Bertz CT molecular complexity index is 1200. The number of nitrogens with zero attached hydrogens (tertiary/aromatic N) is 1. The zero-order valence-electron chi connectivity index (χ0n) is 16.6. The highest BCUT2D eigenvalue weighted by molar-refractivity contribution is 14.1. The minimum absolute atomic E-state index is 0.0191. The minimum atomic E-state index is -0.484. The Morgan fingerprint density at radius 1 is 0.969 bits per heavy atom. The van der Waals surface area contributed by atoms with Crippen LogP contribution in [0, 0.1) is 18.5 Å². The normalized spacial score (nSPS) is 10.7. The second-order valence-corrected chi connectivity index (χ2v) is 8.93. The van der Waals surface area contributed by atoms with Crippen molar-refractivity contribution in [1.29, 1.82) is 5.26 Å². The van der Waals surface area contributed by atoms with Gasteiger partial charge in [-0.15, -0.1) is 0 Å². The second kappa shape index (κ2) is 11.6. The van der Waals surface area contributed by atoms with Crippen molar-refractivity contribution < 1.29 is 14.3 Å². The molecule has 0 aliphatic heterocycles. The molecular formula is C24H17I2N3O3. The molecule has 0 bridgehead atoms. The maximum atomic E-state index is 12.4. The second-order valence-electron chi connectivity index (χ2n) is 6.52. The number of hydrogen-bond acceptors (Lipinski definition) is 4. The first kappa shape index (κ1) is 23.7. The number of amides is 2. The zero-order valence-corrected chi connectivity index (χ0v) is 21.0. The summed E-state index contributed by atoms with van der Waals surface area (Å²) in [6.07, 6.45) is 1.50. The number of para-hydroxylation sites is 1. The molecular weight excluding hydrogens is 632 g/mol. The van der Waals surface area contributed by atoms with Crippen molar-refractivity contribution in [3.63, 3.8) is 0 Å². The molecule has 160 valence electrons. The van der Waals surface area contributed by atoms with Crippen molar-refractivity contribution in [2.24, 2.45) is 0 Å². The summed E-state index contributed by atoms with van der Waals surface area (Å²) in [6, 6.07) is 23.5. The van der Waals surface area contributed by atoms with Crippen LogP contribution in [0.3, 0.4) is 0 Å². The summed E-state index contributed by atoms with van der Waals surface area (Å²) < 4.78 is 7.44. The molecule has 0 aliphatic carbocycles. The standard InChI is InChI=1S/C24H17I2N3O3/c25-18-4-3-5-19(13-18)28-24(31)17(14-27)12-16-8-10-20(11-9-16)32-15-23(30)29-22-7-2-1-6-21(22)26/h1-13H,15H2,(H,28,31)(H,29,30)/b17-12+. The molecule has 3 aromatic rings. The maximum Gasteiger partial charge on any atom is 0.266 e. The fourth-order valence-electron chi connectivity index (χ4n) is 2.64. The molecule has 2 amide bonds. The van der Waals surface area contributed by atoms with Gasteiger partial charge in [0.15, 0.2) is 6.61 Å². The number of benzene rings is 3. The van der Waals surface area contributed by atoms with Crippen molar-refractivity contribution >= 4 is 74.4 Å². The highest BCUT2D eigenvalue weighted by atomic mass is 127. The summed E-state index contributed by atoms with van der Waals surface area (Å²) in [5.41, 5.74) is 1.99. The van der Waals surface area contributed by atoms with Crippen molar-refractivity contribution in [1.82, 2.24) is 0 Å². The predicted molar refractivity (Wildman–Crippen MR) is 141 cm³/mol. The van der Waals surface area contributed by atoms with Gasteiger partial charge >= 0.3 is 0 Å². The van der Waals surface area contributed by atoms with Crippen LogP contribution in [0.2, 0.25) is 0 Å². The largest absolute Gasteiger partial charge is 0.484 e. The lowest BCUT2D eigenvalue weighted by molar-refractivity contribution is -0.118. The molecule has 0 aromatic heterocycles. The highest BCUT2D eigenvalue weighted by Crippen LogP contribution is 2.18. The van der Waals surface area contributed by atoms with Crippen molar-refractivity contribution in [3.05, 3.63) is 91.1 Å². The van der Waals surface area contributed by atoms with Crippen LogP contribution < -0.4 is 15.4 Å². The SMILES string of the molecule is N#C/C(=C\c1ccc(OCC(=O)Nc2ccccc2I)cc1)C(=O)Nc1cccc(I)c1. The lowest BCUT2D eigenvalue weighted by Crippen LogP contribution is -2.20. The Labute approximate surface area is 212 Å². The average molecular weight is 649 g/mol. The summed E-state index contributed by atoms with van der Waals surface area (Å²) in [5.74, 6) is -0.249. The first-order valence-corrected chi connectivity index (χ1v) is 11.6. The van der Waals surface area contributed by atoms with E-state index in [-0.39, 0.29) is 18.1 Å². The van der Waals surface area contributed by atoms with E-state index in [1.54, 1.807) is 30.3 Å². The predicted octanol–water partition coefficient (Wildman–Crippen LogP) is 5.46. The monoisotopic (exact) mass is 649 g/mol. The number of nitriles is 1. The van der Waals surface area contributed by atoms with E-state index in [0.717, 1.165) is 12.8 Å². The third-order valence-corrected chi connectivity index (χ3v) is 5.77. The summed E-state index contributed by atoms with van der Waals surface area (Å²) in [5, 5.41) is 14.9. The fraction of sp³-hybridized carbons (Fsp3) is 0.0417. The van der Waals surface area contributed by atoms with Gasteiger partial charge < -0.3 is 15.4 Å². The average Bonchev–Trinajstić information content (AvgIpc) is 2.78. The summed E-state index contributed by atoms with van der Waals surface area (Å²) >= 11 is 4.30. The number of anilines is 2. The molecule has 2 N–H and O–H groups in total. The van der Waals surface area contributed by atoms with Gasteiger partial charge in [-0.1, -0.05) is 30.3 Å². The van der Waals surface area contributed by atoms with E-state index in [0.29, 0.717) is 17.0 Å². The van der Waals surface area contributed by atoms with E-state index in [1.165, 1.54) is 6.08 Å². The Hall–Kier alpha value is -2.91. The number of hydrogen-bond donors (Lipinski definition) is 2. The van der Waals surface area contributed by atoms with Gasteiger partial charge in [-0.3, -0.25) is 9.59 Å². The van der Waals surface area contributed by atoms with Gasteiger partial charge in [-0.05, 0) is 99.3 Å². The van der Waals surface area contributed by atoms with Crippen LogP contribution in [-0.4, -0.2) is 18.4 Å². The Balaban J connectivity index is 1.58. The van der Waals surface area contributed by atoms with E-state index in [9.17, 15) is 14.9 Å². The van der Waals surface area contributed by atoms with Gasteiger partial charge in [0.2, 0.25) is 0 Å². The van der Waals surface area contributed by atoms with Crippen LogP contribution in [0.15, 0.2) is 78.4 Å². The first-order valence-electron chi connectivity index (χ1n) is 9.40. The van der Waals surface area contributed by atoms with Crippen LogP contribution in [0.5, 0.6) is 5.75 Å². The molecule has 0 atom stereocenters. The van der Waals surface area contributed by atoms with Gasteiger partial charge in [-0.25, -0.2) is 0 Å². The van der Waals surface area contributed by atoms with Crippen molar-refractivity contribution in [2.75, 3.05) is 17.2 Å². The number of carbonyl (C=O) groups excluding carboxylic acids is 2. The van der Waals surface area contributed by atoms with E-state index >= 15 is 0 Å². The lowest BCUT2D eigenvalue weighted by Gasteiger charge is -2.09. The molecule has 0 saturated carbocycles. The molecule has 0 radical (unpaired) electrons. The van der Waals surface area contributed by atoms with Crippen LogP contribution in [0.25, 0.3) is 6.08 Å². The molecule has 32 heavy (non-hydrogen) atoms. The van der Waals surface area contributed by atoms with Crippen LogP contribution in [0.1, 0.15) is 5.56 Å². The molecule has 0 unspecified atom stereocenters. The van der Waals surface area contributed by atoms with Gasteiger partial charge in [0.05, 0.1) is 5.69 Å². The van der Waals surface area contributed by atoms with Crippen LogP contribution >= 0.6 is 45.2 Å². The first-order chi connectivity index (χ1) is 15.4. The third-order valence-electron chi connectivity index (χ3n) is 4.16. The summed E-state index contributed by atoms with van der Waals surface area (Å²) in [6.45, 7) is -0.137. The summed E-state index contributed by atoms with van der Waals surface area (Å²) in [4.78, 5) is 24.5. The van der Waals surface area contributed by atoms with Gasteiger partial charge in [0.1, 0.15) is 17.4 Å². The van der Waals surface area contributed by atoms with Gasteiger partial charge in [0.25, 0.3) is 11.8 Å². The minimum Gasteiger partial charge on any atom is -0.484 e. The Morgan fingerprint density at radius 3 is 2.41 bits per heavy atom. The number of nitrogens with one attached hydrogen (secondary N) is 2. The molecule has 0 fully saturated rings. The van der Waals surface area contributed by atoms with Crippen LogP contribution in [0.4, 0.5) is 11.4 Å². The molecule has 0 spiro atoms. The number of ether oxygens (including phenoxy) is 1. The highest BCUT2D eigenvalue weighted by Gasteiger charge is 2.10. The Morgan fingerprint density at radius 2 is 1.72 bits per heavy atom. The van der Waals surface area contributed by atoms with E-state index in [4.69, 9.17) is 4.74 Å². The fourth-order valence-corrected chi connectivity index (χ4v) is 3.70. The van der Waals surface area contributed by atoms with E-state index in [1.807, 2.05) is 48.5 Å². The Kier molecular flexibility index (Phi) is 8.64. The topological polar surface area (TPSA) is 91.2 Å². The molecule has 0 heterocycles.